The Labute approximate surface area is 157 Å². The predicted molar refractivity (Wildman–Crippen MR) is 99.9 cm³/mol. The van der Waals surface area contributed by atoms with Crippen molar-refractivity contribution >= 4 is 5.69 Å². The Morgan fingerprint density at radius 2 is 2.00 bits per heavy atom. The van der Waals surface area contributed by atoms with Crippen LogP contribution in [0, 0.1) is 5.82 Å². The van der Waals surface area contributed by atoms with E-state index < -0.39 is 6.10 Å². The van der Waals surface area contributed by atoms with Crippen molar-refractivity contribution in [3.05, 3.63) is 72.0 Å². The van der Waals surface area contributed by atoms with Crippen LogP contribution >= 0.6 is 0 Å². The van der Waals surface area contributed by atoms with Gasteiger partial charge in [0.1, 0.15) is 23.5 Å². The third-order valence-electron chi connectivity index (χ3n) is 5.06. The molecule has 0 amide bonds. The normalized spacial score (nSPS) is 16.6. The number of piperazine rings is 1. The van der Waals surface area contributed by atoms with Crippen LogP contribution in [0.2, 0.25) is 0 Å². The molecule has 0 aliphatic carbocycles. The first-order valence-corrected chi connectivity index (χ1v) is 9.07. The van der Waals surface area contributed by atoms with Gasteiger partial charge in [0.05, 0.1) is 18.5 Å². The van der Waals surface area contributed by atoms with Crippen molar-refractivity contribution in [2.45, 2.75) is 12.6 Å². The Balaban J connectivity index is 1.53. The van der Waals surface area contributed by atoms with Gasteiger partial charge in [0.25, 0.3) is 0 Å². The fourth-order valence-electron chi connectivity index (χ4n) is 3.62. The SMILES string of the molecule is Cn1ccnc1[C@@H](O)c1cccc(F)c1N1CCN(Cc2ccco2)CC1. The minimum absolute atomic E-state index is 0.319. The number of aryl methyl sites for hydroxylation is 1. The lowest BCUT2D eigenvalue weighted by Gasteiger charge is -2.37. The van der Waals surface area contributed by atoms with E-state index in [1.54, 1.807) is 35.4 Å². The smallest absolute Gasteiger partial charge is 0.146 e. The molecule has 0 radical (unpaired) electrons. The van der Waals surface area contributed by atoms with Crippen molar-refractivity contribution < 1.29 is 13.9 Å². The molecule has 4 rings (SSSR count). The second-order valence-electron chi connectivity index (χ2n) is 6.82. The average Bonchev–Trinajstić information content (AvgIpc) is 3.33. The Bertz CT molecular complexity index is 885. The van der Waals surface area contributed by atoms with E-state index in [1.807, 2.05) is 24.1 Å². The van der Waals surface area contributed by atoms with Gasteiger partial charge in [-0.25, -0.2) is 9.37 Å². The first-order valence-electron chi connectivity index (χ1n) is 9.07. The van der Waals surface area contributed by atoms with E-state index in [0.29, 0.717) is 30.2 Å². The van der Waals surface area contributed by atoms with Gasteiger partial charge < -0.3 is 19.0 Å². The number of hydrogen-bond acceptors (Lipinski definition) is 5. The lowest BCUT2D eigenvalue weighted by atomic mass is 10.0. The second kappa shape index (κ2) is 7.54. The van der Waals surface area contributed by atoms with E-state index in [1.165, 1.54) is 6.07 Å². The van der Waals surface area contributed by atoms with Crippen molar-refractivity contribution in [3.63, 3.8) is 0 Å². The predicted octanol–water partition coefficient (Wildman–Crippen LogP) is 2.56. The van der Waals surface area contributed by atoms with Gasteiger partial charge in [-0.3, -0.25) is 4.90 Å². The Hall–Kier alpha value is -2.64. The largest absolute Gasteiger partial charge is 0.468 e. The maximum absolute atomic E-state index is 14.7. The monoisotopic (exact) mass is 370 g/mol. The van der Waals surface area contributed by atoms with E-state index in [2.05, 4.69) is 9.88 Å². The molecule has 3 heterocycles. The molecule has 1 saturated heterocycles. The van der Waals surface area contributed by atoms with Gasteiger partial charge in [-0.15, -0.1) is 0 Å². The summed E-state index contributed by atoms with van der Waals surface area (Å²) in [6, 6.07) is 8.69. The molecule has 1 aliphatic heterocycles. The number of rotatable bonds is 5. The number of nitrogens with zero attached hydrogens (tertiary/aromatic N) is 4. The van der Waals surface area contributed by atoms with Crippen LogP contribution in [0.1, 0.15) is 23.3 Å². The van der Waals surface area contributed by atoms with Crippen LogP contribution in [0.25, 0.3) is 0 Å². The molecule has 1 aliphatic rings. The van der Waals surface area contributed by atoms with E-state index in [-0.39, 0.29) is 5.82 Å². The van der Waals surface area contributed by atoms with Crippen molar-refractivity contribution in [1.29, 1.82) is 0 Å². The van der Waals surface area contributed by atoms with E-state index in [4.69, 9.17) is 4.42 Å². The van der Waals surface area contributed by atoms with Crippen molar-refractivity contribution in [3.8, 4) is 0 Å². The van der Waals surface area contributed by atoms with Crippen LogP contribution < -0.4 is 4.90 Å². The minimum Gasteiger partial charge on any atom is -0.468 e. The number of furan rings is 1. The fourth-order valence-corrected chi connectivity index (χ4v) is 3.62. The number of halogens is 1. The third kappa shape index (κ3) is 3.61. The molecule has 0 unspecified atom stereocenters. The van der Waals surface area contributed by atoms with Crippen LogP contribution in [0.4, 0.5) is 10.1 Å². The summed E-state index contributed by atoms with van der Waals surface area (Å²) in [6.07, 6.45) is 4.10. The van der Waals surface area contributed by atoms with Crippen LogP contribution in [0.5, 0.6) is 0 Å². The topological polar surface area (TPSA) is 57.7 Å². The van der Waals surface area contributed by atoms with Gasteiger partial charge in [-0.2, -0.15) is 0 Å². The molecule has 27 heavy (non-hydrogen) atoms. The van der Waals surface area contributed by atoms with Gasteiger partial charge in [-0.05, 0) is 18.2 Å². The molecule has 3 aromatic rings. The Kier molecular flexibility index (Phi) is 4.96. The number of aromatic nitrogens is 2. The number of imidazole rings is 1. The van der Waals surface area contributed by atoms with Gasteiger partial charge in [0.2, 0.25) is 0 Å². The lowest BCUT2D eigenvalue weighted by Crippen LogP contribution is -2.46. The van der Waals surface area contributed by atoms with E-state index >= 15 is 0 Å². The highest BCUT2D eigenvalue weighted by Gasteiger charge is 2.26. The molecule has 2 aromatic heterocycles. The van der Waals surface area contributed by atoms with Gasteiger partial charge >= 0.3 is 0 Å². The molecule has 1 aromatic carbocycles. The fraction of sp³-hybridized carbons (Fsp3) is 0.350. The molecule has 6 nitrogen and oxygen atoms in total. The quantitative estimate of drug-likeness (QED) is 0.748. The summed E-state index contributed by atoms with van der Waals surface area (Å²) >= 11 is 0. The number of aliphatic hydroxyl groups excluding tert-OH is 1. The molecule has 0 saturated carbocycles. The van der Waals surface area contributed by atoms with Crippen molar-refractivity contribution in [2.75, 3.05) is 31.1 Å². The number of hydrogen-bond donors (Lipinski definition) is 1. The van der Waals surface area contributed by atoms with Gasteiger partial charge in [0.15, 0.2) is 0 Å². The first kappa shape index (κ1) is 17.8. The van der Waals surface area contributed by atoms with Crippen LogP contribution in [0.15, 0.2) is 53.4 Å². The van der Waals surface area contributed by atoms with Crippen LogP contribution in [0.3, 0.4) is 0 Å². The Morgan fingerprint density at radius 3 is 2.67 bits per heavy atom. The molecule has 1 fully saturated rings. The van der Waals surface area contributed by atoms with E-state index in [0.717, 1.165) is 25.4 Å². The second-order valence-corrected chi connectivity index (χ2v) is 6.82. The maximum atomic E-state index is 14.7. The summed E-state index contributed by atoms with van der Waals surface area (Å²) in [7, 11) is 1.82. The molecule has 0 spiro atoms. The summed E-state index contributed by atoms with van der Waals surface area (Å²) < 4.78 is 21.9. The molecule has 142 valence electrons. The highest BCUT2D eigenvalue weighted by molar-refractivity contribution is 5.57. The molecular weight excluding hydrogens is 347 g/mol. The van der Waals surface area contributed by atoms with Gasteiger partial charge in [0, 0.05) is 51.2 Å². The molecule has 7 heteroatoms. The lowest BCUT2D eigenvalue weighted by molar-refractivity contribution is 0.204. The van der Waals surface area contributed by atoms with Crippen LogP contribution in [-0.4, -0.2) is 45.7 Å². The zero-order chi connectivity index (χ0) is 18.8. The highest BCUT2D eigenvalue weighted by Crippen LogP contribution is 2.33. The number of para-hydroxylation sites is 1. The van der Waals surface area contributed by atoms with Gasteiger partial charge in [-0.1, -0.05) is 12.1 Å². The zero-order valence-electron chi connectivity index (χ0n) is 15.3. The summed E-state index contributed by atoms with van der Waals surface area (Å²) in [5.74, 6) is 1.11. The zero-order valence-corrected chi connectivity index (χ0v) is 15.3. The molecule has 1 N–H and O–H groups in total. The Morgan fingerprint density at radius 1 is 1.19 bits per heavy atom. The number of aliphatic hydroxyl groups is 1. The maximum Gasteiger partial charge on any atom is 0.146 e. The average molecular weight is 370 g/mol. The summed E-state index contributed by atoms with van der Waals surface area (Å²) in [5.41, 5.74) is 1.01. The standard InChI is InChI=1S/C20H23FN4O2/c1-23-8-7-22-20(23)19(26)16-5-2-6-17(21)18(16)25-11-9-24(10-12-25)14-15-4-3-13-27-15/h2-8,13,19,26H,9-12,14H2,1H3/t19-/m0/s1. The molecule has 1 atom stereocenters. The minimum atomic E-state index is -0.975. The summed E-state index contributed by atoms with van der Waals surface area (Å²) in [5, 5.41) is 10.8. The molecular formula is C20H23FN4O2. The van der Waals surface area contributed by atoms with Crippen LogP contribution in [-0.2, 0) is 13.6 Å². The number of anilines is 1. The summed E-state index contributed by atoms with van der Waals surface area (Å²) in [4.78, 5) is 8.51. The first-order chi connectivity index (χ1) is 13.1. The third-order valence-corrected chi connectivity index (χ3v) is 5.06. The van der Waals surface area contributed by atoms with Crippen molar-refractivity contribution in [2.24, 2.45) is 7.05 Å². The highest BCUT2D eigenvalue weighted by atomic mass is 19.1. The van der Waals surface area contributed by atoms with Crippen molar-refractivity contribution in [1.82, 2.24) is 14.5 Å². The van der Waals surface area contributed by atoms with E-state index in [9.17, 15) is 9.50 Å². The summed E-state index contributed by atoms with van der Waals surface area (Å²) in [6.45, 7) is 3.71. The molecule has 0 bridgehead atoms. The number of benzene rings is 1.